The molecule has 1 N–H and O–H groups in total. The quantitative estimate of drug-likeness (QED) is 0.448. The number of hydrogen-bond acceptors (Lipinski definition) is 2. The van der Waals surface area contributed by atoms with Crippen molar-refractivity contribution in [2.75, 3.05) is 0 Å². The standard InChI is InChI=1S/C26H22N4/c1-29-24(21-15-9-4-10-16-21)22(20-13-7-3-8-14-20)23-25(27)30(18-28-26(23)29)17-19-11-5-2-6-12-19/h2-16,18,27H,17H2,1H3. The average Bonchev–Trinajstić information content (AvgIpc) is 3.10. The Morgan fingerprint density at radius 3 is 1.97 bits per heavy atom. The third kappa shape index (κ3) is 3.03. The van der Waals surface area contributed by atoms with E-state index in [1.807, 2.05) is 66.2 Å². The minimum atomic E-state index is 0.473. The van der Waals surface area contributed by atoms with Crippen molar-refractivity contribution in [1.29, 1.82) is 5.41 Å². The van der Waals surface area contributed by atoms with Crippen molar-refractivity contribution in [3.63, 3.8) is 0 Å². The van der Waals surface area contributed by atoms with Crippen LogP contribution in [0.25, 0.3) is 33.4 Å². The highest BCUT2D eigenvalue weighted by molar-refractivity contribution is 6.02. The number of nitrogens with zero attached hydrogens (tertiary/aromatic N) is 3. The van der Waals surface area contributed by atoms with Crippen LogP contribution in [0.2, 0.25) is 0 Å². The molecule has 0 bridgehead atoms. The van der Waals surface area contributed by atoms with Crippen molar-refractivity contribution in [2.45, 2.75) is 6.54 Å². The number of aromatic nitrogens is 3. The van der Waals surface area contributed by atoms with E-state index in [-0.39, 0.29) is 0 Å². The zero-order chi connectivity index (χ0) is 20.5. The van der Waals surface area contributed by atoms with Crippen LogP contribution in [-0.4, -0.2) is 14.1 Å². The molecule has 0 amide bonds. The molecule has 0 saturated heterocycles. The largest absolute Gasteiger partial charge is 0.328 e. The molecule has 0 spiro atoms. The molecule has 4 heteroatoms. The van der Waals surface area contributed by atoms with Gasteiger partial charge in [-0.3, -0.25) is 5.41 Å². The number of fused-ring (bicyclic) bond motifs is 1. The maximum atomic E-state index is 9.06. The van der Waals surface area contributed by atoms with E-state index in [0.29, 0.717) is 12.0 Å². The maximum absolute atomic E-state index is 9.06. The average molecular weight is 390 g/mol. The first-order valence-electron chi connectivity index (χ1n) is 10.0. The van der Waals surface area contributed by atoms with Gasteiger partial charge in [0.1, 0.15) is 11.1 Å². The zero-order valence-corrected chi connectivity index (χ0v) is 16.8. The Hall–Kier alpha value is -3.92. The number of aryl methyl sites for hydroxylation is 1. The van der Waals surface area contributed by atoms with E-state index >= 15 is 0 Å². The van der Waals surface area contributed by atoms with Crippen molar-refractivity contribution < 1.29 is 0 Å². The van der Waals surface area contributed by atoms with Crippen molar-refractivity contribution in [3.8, 4) is 22.4 Å². The lowest BCUT2D eigenvalue weighted by Crippen LogP contribution is -2.21. The summed E-state index contributed by atoms with van der Waals surface area (Å²) in [4.78, 5) is 4.78. The summed E-state index contributed by atoms with van der Waals surface area (Å²) in [5, 5.41) is 9.94. The van der Waals surface area contributed by atoms with E-state index in [1.54, 1.807) is 6.33 Å². The van der Waals surface area contributed by atoms with Crippen molar-refractivity contribution in [2.24, 2.45) is 7.05 Å². The highest BCUT2D eigenvalue weighted by Crippen LogP contribution is 2.38. The van der Waals surface area contributed by atoms with E-state index in [2.05, 4.69) is 41.0 Å². The van der Waals surface area contributed by atoms with Gasteiger partial charge in [0.15, 0.2) is 0 Å². The maximum Gasteiger partial charge on any atom is 0.146 e. The molecular weight excluding hydrogens is 368 g/mol. The van der Waals surface area contributed by atoms with Crippen LogP contribution in [0.15, 0.2) is 97.3 Å². The van der Waals surface area contributed by atoms with Crippen LogP contribution in [0.3, 0.4) is 0 Å². The highest BCUT2D eigenvalue weighted by atomic mass is 15.1. The lowest BCUT2D eigenvalue weighted by molar-refractivity contribution is 0.720. The van der Waals surface area contributed by atoms with Gasteiger partial charge in [0, 0.05) is 12.6 Å². The molecule has 3 aromatic carbocycles. The van der Waals surface area contributed by atoms with Crippen LogP contribution in [0.5, 0.6) is 0 Å². The Labute approximate surface area is 175 Å². The molecule has 5 rings (SSSR count). The second kappa shape index (κ2) is 7.48. The normalized spacial score (nSPS) is 11.1. The van der Waals surface area contributed by atoms with Gasteiger partial charge in [0.05, 0.1) is 24.0 Å². The zero-order valence-electron chi connectivity index (χ0n) is 16.8. The van der Waals surface area contributed by atoms with Crippen LogP contribution in [0.4, 0.5) is 0 Å². The fraction of sp³-hybridized carbons (Fsp3) is 0.0769. The summed E-state index contributed by atoms with van der Waals surface area (Å²) < 4.78 is 4.02. The third-order valence-corrected chi connectivity index (χ3v) is 5.51. The lowest BCUT2D eigenvalue weighted by Gasteiger charge is -2.09. The Morgan fingerprint density at radius 1 is 0.767 bits per heavy atom. The van der Waals surface area contributed by atoms with Crippen LogP contribution in [0, 0.1) is 5.41 Å². The van der Waals surface area contributed by atoms with E-state index in [4.69, 9.17) is 10.4 Å². The second-order valence-corrected chi connectivity index (χ2v) is 7.42. The van der Waals surface area contributed by atoms with Gasteiger partial charge in [-0.05, 0) is 16.7 Å². The monoisotopic (exact) mass is 390 g/mol. The van der Waals surface area contributed by atoms with E-state index in [9.17, 15) is 0 Å². The lowest BCUT2D eigenvalue weighted by atomic mass is 9.99. The number of nitrogens with one attached hydrogen (secondary N) is 1. The Morgan fingerprint density at radius 2 is 1.33 bits per heavy atom. The number of benzene rings is 3. The molecule has 2 heterocycles. The van der Waals surface area contributed by atoms with E-state index in [1.165, 1.54) is 0 Å². The fourth-order valence-corrected chi connectivity index (χ4v) is 4.09. The predicted molar refractivity (Wildman–Crippen MR) is 121 cm³/mol. The Balaban J connectivity index is 1.82. The van der Waals surface area contributed by atoms with Crippen LogP contribution in [0.1, 0.15) is 5.56 Å². The SMILES string of the molecule is Cn1c(-c2ccccc2)c(-c2ccccc2)c2c(=N)n(Cc3ccccc3)cnc21. The first-order valence-corrected chi connectivity index (χ1v) is 10.0. The second-order valence-electron chi connectivity index (χ2n) is 7.42. The molecular formula is C26H22N4. The van der Waals surface area contributed by atoms with E-state index < -0.39 is 0 Å². The van der Waals surface area contributed by atoms with Gasteiger partial charge in [-0.2, -0.15) is 0 Å². The fourth-order valence-electron chi connectivity index (χ4n) is 4.09. The van der Waals surface area contributed by atoms with Gasteiger partial charge in [-0.1, -0.05) is 91.0 Å². The molecule has 0 unspecified atom stereocenters. The minimum absolute atomic E-state index is 0.473. The highest BCUT2D eigenvalue weighted by Gasteiger charge is 2.21. The molecule has 0 saturated carbocycles. The van der Waals surface area contributed by atoms with Gasteiger partial charge in [-0.25, -0.2) is 4.98 Å². The minimum Gasteiger partial charge on any atom is -0.328 e. The molecule has 0 fully saturated rings. The molecule has 30 heavy (non-hydrogen) atoms. The molecule has 0 atom stereocenters. The third-order valence-electron chi connectivity index (χ3n) is 5.51. The first kappa shape index (κ1) is 18.1. The van der Waals surface area contributed by atoms with Gasteiger partial charge in [-0.15, -0.1) is 0 Å². The van der Waals surface area contributed by atoms with E-state index in [0.717, 1.165) is 39.0 Å². The summed E-state index contributed by atoms with van der Waals surface area (Å²) in [5.74, 6) is 0. The molecule has 2 aromatic heterocycles. The Kier molecular flexibility index (Phi) is 4.52. The summed E-state index contributed by atoms with van der Waals surface area (Å²) in [6, 6.07) is 30.9. The number of rotatable bonds is 4. The predicted octanol–water partition coefficient (Wildman–Crippen LogP) is 5.24. The number of hydrogen-bond donors (Lipinski definition) is 1. The summed E-state index contributed by atoms with van der Waals surface area (Å²) in [6.07, 6.45) is 1.78. The summed E-state index contributed by atoms with van der Waals surface area (Å²) in [7, 11) is 2.03. The van der Waals surface area contributed by atoms with Crippen LogP contribution >= 0.6 is 0 Å². The molecule has 0 radical (unpaired) electrons. The summed E-state index contributed by atoms with van der Waals surface area (Å²) in [5.41, 5.74) is 6.79. The molecule has 4 nitrogen and oxygen atoms in total. The Bertz CT molecular complexity index is 1370. The van der Waals surface area contributed by atoms with Crippen molar-refractivity contribution in [1.82, 2.24) is 14.1 Å². The van der Waals surface area contributed by atoms with Gasteiger partial charge >= 0.3 is 0 Å². The molecule has 0 aliphatic heterocycles. The topological polar surface area (TPSA) is 46.6 Å². The molecule has 146 valence electrons. The van der Waals surface area contributed by atoms with Crippen molar-refractivity contribution >= 4 is 11.0 Å². The van der Waals surface area contributed by atoms with Gasteiger partial charge in [0.25, 0.3) is 0 Å². The molecule has 0 aliphatic carbocycles. The smallest absolute Gasteiger partial charge is 0.146 e. The van der Waals surface area contributed by atoms with Crippen LogP contribution < -0.4 is 5.49 Å². The van der Waals surface area contributed by atoms with Gasteiger partial charge < -0.3 is 9.13 Å². The summed E-state index contributed by atoms with van der Waals surface area (Å²) in [6.45, 7) is 0.617. The molecule has 0 aliphatic rings. The van der Waals surface area contributed by atoms with Crippen molar-refractivity contribution in [3.05, 3.63) is 108 Å². The van der Waals surface area contributed by atoms with Gasteiger partial charge in [0.2, 0.25) is 0 Å². The molecule has 5 aromatic rings. The summed E-state index contributed by atoms with van der Waals surface area (Å²) >= 11 is 0. The first-order chi connectivity index (χ1) is 14.7. The van der Waals surface area contributed by atoms with Crippen LogP contribution in [-0.2, 0) is 13.6 Å².